The van der Waals surface area contributed by atoms with Crippen LogP contribution in [0.1, 0.15) is 31.1 Å². The molecule has 6 nitrogen and oxygen atoms in total. The summed E-state index contributed by atoms with van der Waals surface area (Å²) < 4.78 is 25.9. The maximum atomic E-state index is 12.3. The molecule has 22 heavy (non-hydrogen) atoms. The van der Waals surface area contributed by atoms with E-state index in [1.165, 1.54) is 35.6 Å². The van der Waals surface area contributed by atoms with Gasteiger partial charge in [0.25, 0.3) is 5.91 Å². The van der Waals surface area contributed by atoms with Crippen molar-refractivity contribution >= 4 is 15.9 Å². The lowest BCUT2D eigenvalue weighted by Gasteiger charge is -2.21. The zero-order valence-corrected chi connectivity index (χ0v) is 14.4. The quantitative estimate of drug-likeness (QED) is 0.782. The molecule has 3 N–H and O–H groups in total. The second-order valence-electron chi connectivity index (χ2n) is 5.69. The fourth-order valence-electron chi connectivity index (χ4n) is 1.67. The second kappa shape index (κ2) is 7.71. The van der Waals surface area contributed by atoms with Gasteiger partial charge in [-0.15, -0.1) is 0 Å². The van der Waals surface area contributed by atoms with Crippen LogP contribution >= 0.6 is 0 Å². The van der Waals surface area contributed by atoms with Gasteiger partial charge in [-0.25, -0.2) is 8.42 Å². The minimum Gasteiger partial charge on any atom is -0.352 e. The van der Waals surface area contributed by atoms with Gasteiger partial charge in [0.2, 0.25) is 10.0 Å². The highest BCUT2D eigenvalue weighted by Crippen LogP contribution is 2.17. The summed E-state index contributed by atoms with van der Waals surface area (Å²) in [7, 11) is -1.99. The van der Waals surface area contributed by atoms with Crippen LogP contribution in [-0.4, -0.2) is 44.8 Å². The Hall–Kier alpha value is -1.44. The van der Waals surface area contributed by atoms with E-state index in [0.717, 1.165) is 0 Å². The average Bonchev–Trinajstić information content (AvgIpc) is 2.51. The molecule has 124 valence electrons. The number of nitrogens with zero attached hydrogens (tertiary/aromatic N) is 1. The van der Waals surface area contributed by atoms with Crippen LogP contribution in [0.3, 0.4) is 0 Å². The van der Waals surface area contributed by atoms with Crippen molar-refractivity contribution in [1.29, 1.82) is 0 Å². The fourth-order valence-corrected chi connectivity index (χ4v) is 3.04. The predicted octanol–water partition coefficient (Wildman–Crippen LogP) is 1.04. The minimum absolute atomic E-state index is 0.134. The summed E-state index contributed by atoms with van der Waals surface area (Å²) in [6, 6.07) is 5.81. The average molecular weight is 327 g/mol. The number of nitrogens with one attached hydrogen (secondary N) is 1. The van der Waals surface area contributed by atoms with Gasteiger partial charge in [0.1, 0.15) is 0 Å². The molecule has 1 unspecified atom stereocenters. The predicted molar refractivity (Wildman–Crippen MR) is 87.1 cm³/mol. The molecule has 1 rings (SSSR count). The Kier molecular flexibility index (Phi) is 6.52. The first-order chi connectivity index (χ1) is 10.2. The van der Waals surface area contributed by atoms with Gasteiger partial charge in [-0.3, -0.25) is 4.79 Å². The molecule has 1 aromatic rings. The van der Waals surface area contributed by atoms with Crippen LogP contribution in [0.15, 0.2) is 29.2 Å². The summed E-state index contributed by atoms with van der Waals surface area (Å²) in [4.78, 5) is 12.1. The summed E-state index contributed by atoms with van der Waals surface area (Å²) in [5.41, 5.74) is 5.92. The number of benzene rings is 1. The van der Waals surface area contributed by atoms with Gasteiger partial charge >= 0.3 is 0 Å². The molecular weight excluding hydrogens is 302 g/mol. The number of amides is 1. The topological polar surface area (TPSA) is 92.5 Å². The lowest BCUT2D eigenvalue weighted by Crippen LogP contribution is -2.33. The number of nitrogens with two attached hydrogens (primary N) is 1. The molecule has 1 aromatic carbocycles. The maximum Gasteiger partial charge on any atom is 0.251 e. The molecule has 0 bridgehead atoms. The third-order valence-corrected chi connectivity index (χ3v) is 5.58. The molecule has 1 atom stereocenters. The minimum atomic E-state index is -3.53. The van der Waals surface area contributed by atoms with Crippen molar-refractivity contribution in [1.82, 2.24) is 9.62 Å². The lowest BCUT2D eigenvalue weighted by atomic mass is 10.1. The Labute approximate surface area is 132 Å². The summed E-state index contributed by atoms with van der Waals surface area (Å²) in [6.07, 6.45) is 0. The zero-order valence-electron chi connectivity index (χ0n) is 13.5. The molecule has 0 radical (unpaired) electrons. The number of carbonyl (C=O) groups excluding carboxylic acids is 1. The molecule has 0 aliphatic rings. The van der Waals surface area contributed by atoms with Crippen LogP contribution in [0.2, 0.25) is 0 Å². The van der Waals surface area contributed by atoms with Crippen molar-refractivity contribution in [2.24, 2.45) is 11.7 Å². The number of rotatable bonds is 7. The fraction of sp³-hybridized carbons (Fsp3) is 0.533. The van der Waals surface area contributed by atoms with Gasteiger partial charge < -0.3 is 11.1 Å². The van der Waals surface area contributed by atoms with E-state index in [1.807, 2.05) is 6.92 Å². The normalized spacial score (nSPS) is 13.4. The third kappa shape index (κ3) is 4.53. The van der Waals surface area contributed by atoms with Crippen molar-refractivity contribution < 1.29 is 13.2 Å². The Bertz CT molecular complexity index is 597. The van der Waals surface area contributed by atoms with E-state index in [9.17, 15) is 13.2 Å². The maximum absolute atomic E-state index is 12.3. The number of carbonyl (C=O) groups is 1. The first kappa shape index (κ1) is 18.6. The van der Waals surface area contributed by atoms with E-state index in [1.54, 1.807) is 13.8 Å². The lowest BCUT2D eigenvalue weighted by molar-refractivity contribution is 0.0948. The molecule has 0 aromatic heterocycles. The van der Waals surface area contributed by atoms with E-state index in [0.29, 0.717) is 18.7 Å². The highest BCUT2D eigenvalue weighted by Gasteiger charge is 2.23. The van der Waals surface area contributed by atoms with Crippen LogP contribution in [-0.2, 0) is 10.0 Å². The molecule has 0 saturated heterocycles. The third-order valence-electron chi connectivity index (χ3n) is 3.53. The van der Waals surface area contributed by atoms with Crippen molar-refractivity contribution in [2.45, 2.75) is 31.7 Å². The molecule has 0 saturated carbocycles. The first-order valence-corrected chi connectivity index (χ1v) is 8.70. The molecule has 0 heterocycles. The van der Waals surface area contributed by atoms with Crippen LogP contribution < -0.4 is 11.1 Å². The van der Waals surface area contributed by atoms with Crippen LogP contribution in [0, 0.1) is 5.92 Å². The Morgan fingerprint density at radius 2 is 1.77 bits per heavy atom. The van der Waals surface area contributed by atoms with Gasteiger partial charge in [-0.1, -0.05) is 6.92 Å². The summed E-state index contributed by atoms with van der Waals surface area (Å²) in [6.45, 7) is 6.54. The van der Waals surface area contributed by atoms with E-state index >= 15 is 0 Å². The Balaban J connectivity index is 2.85. The van der Waals surface area contributed by atoms with E-state index in [4.69, 9.17) is 5.73 Å². The summed E-state index contributed by atoms with van der Waals surface area (Å²) in [5, 5.41) is 2.77. The Morgan fingerprint density at radius 1 is 1.23 bits per heavy atom. The summed E-state index contributed by atoms with van der Waals surface area (Å²) in [5.74, 6) is -0.0373. The molecule has 0 fully saturated rings. The molecule has 0 aliphatic carbocycles. The SMILES string of the molecule is CC(CN)CNC(=O)c1ccc(S(=O)(=O)N(C)C(C)C)cc1. The molecule has 0 aliphatic heterocycles. The van der Waals surface area contributed by atoms with Crippen molar-refractivity contribution in [2.75, 3.05) is 20.1 Å². The van der Waals surface area contributed by atoms with Crippen LogP contribution in [0.25, 0.3) is 0 Å². The van der Waals surface area contributed by atoms with Gasteiger partial charge in [-0.05, 0) is 50.6 Å². The van der Waals surface area contributed by atoms with Gasteiger partial charge in [0.05, 0.1) is 4.90 Å². The molecule has 7 heteroatoms. The van der Waals surface area contributed by atoms with Crippen molar-refractivity contribution in [3.8, 4) is 0 Å². The van der Waals surface area contributed by atoms with Crippen molar-refractivity contribution in [3.63, 3.8) is 0 Å². The van der Waals surface area contributed by atoms with Crippen LogP contribution in [0.4, 0.5) is 0 Å². The largest absolute Gasteiger partial charge is 0.352 e. The summed E-state index contributed by atoms with van der Waals surface area (Å²) >= 11 is 0. The van der Waals surface area contributed by atoms with E-state index < -0.39 is 10.0 Å². The molecular formula is C15H25N3O3S. The Morgan fingerprint density at radius 3 is 2.23 bits per heavy atom. The highest BCUT2D eigenvalue weighted by atomic mass is 32.2. The van der Waals surface area contributed by atoms with E-state index in [2.05, 4.69) is 5.32 Å². The number of sulfonamides is 1. The van der Waals surface area contributed by atoms with Gasteiger partial charge in [-0.2, -0.15) is 4.31 Å². The zero-order chi connectivity index (χ0) is 16.9. The van der Waals surface area contributed by atoms with Gasteiger partial charge in [0.15, 0.2) is 0 Å². The van der Waals surface area contributed by atoms with Crippen molar-refractivity contribution in [3.05, 3.63) is 29.8 Å². The standard InChI is InChI=1S/C15H25N3O3S/c1-11(2)18(4)22(20,21)14-7-5-13(6-8-14)15(19)17-10-12(3)9-16/h5-8,11-12H,9-10,16H2,1-4H3,(H,17,19). The highest BCUT2D eigenvalue weighted by molar-refractivity contribution is 7.89. The molecule has 0 spiro atoms. The monoisotopic (exact) mass is 327 g/mol. The van der Waals surface area contributed by atoms with Gasteiger partial charge in [0, 0.05) is 25.2 Å². The first-order valence-electron chi connectivity index (χ1n) is 7.26. The second-order valence-corrected chi connectivity index (χ2v) is 7.69. The molecule has 1 amide bonds. The van der Waals surface area contributed by atoms with E-state index in [-0.39, 0.29) is 22.8 Å². The number of hydrogen-bond acceptors (Lipinski definition) is 4. The number of hydrogen-bond donors (Lipinski definition) is 2. The smallest absolute Gasteiger partial charge is 0.251 e. The van der Waals surface area contributed by atoms with Crippen LogP contribution in [0.5, 0.6) is 0 Å².